The van der Waals surface area contributed by atoms with Crippen LogP contribution in [-0.4, -0.2) is 9.91 Å². The summed E-state index contributed by atoms with van der Waals surface area (Å²) in [6, 6.07) is 0. The summed E-state index contributed by atoms with van der Waals surface area (Å²) in [5.74, 6) is 4.96. The Balaban J connectivity index is 2.88. The topological polar surface area (TPSA) is 94.1 Å². The second-order valence-electron chi connectivity index (χ2n) is 1.41. The van der Waals surface area contributed by atoms with Crippen LogP contribution in [0.25, 0.3) is 0 Å². The van der Waals surface area contributed by atoms with Gasteiger partial charge in [-0.05, 0) is 21.2 Å². The van der Waals surface area contributed by atoms with Crippen molar-refractivity contribution in [2.75, 3.05) is 5.43 Å². The van der Waals surface area contributed by atoms with Crippen LogP contribution in [0, 0.1) is 10.1 Å². The number of hydrazine groups is 1. The van der Waals surface area contributed by atoms with Gasteiger partial charge in [0.15, 0.2) is 11.2 Å². The van der Waals surface area contributed by atoms with E-state index in [0.717, 1.165) is 11.3 Å². The van der Waals surface area contributed by atoms with Crippen LogP contribution < -0.4 is 11.3 Å². The standard InChI is InChI=1S/C3H4N4O2S/c4-6-2-1-5-3(10-2)7(8)9/h1,6H,4H2. The SMILES string of the molecule is NNc1cnc([N+](=O)[O-])s1. The zero-order valence-corrected chi connectivity index (χ0v) is 5.59. The molecule has 0 saturated carbocycles. The number of thiazole rings is 1. The van der Waals surface area contributed by atoms with Crippen molar-refractivity contribution in [3.05, 3.63) is 16.3 Å². The Morgan fingerprint density at radius 2 is 2.60 bits per heavy atom. The van der Waals surface area contributed by atoms with Crippen molar-refractivity contribution < 1.29 is 4.92 Å². The van der Waals surface area contributed by atoms with Crippen LogP contribution in [0.2, 0.25) is 0 Å². The van der Waals surface area contributed by atoms with Gasteiger partial charge in [0, 0.05) is 0 Å². The molecule has 0 aliphatic heterocycles. The largest absolute Gasteiger partial charge is 0.425 e. The summed E-state index contributed by atoms with van der Waals surface area (Å²) in [5, 5.41) is 10.3. The van der Waals surface area contributed by atoms with E-state index in [1.807, 2.05) is 0 Å². The number of hydrogen-bond acceptors (Lipinski definition) is 6. The molecule has 1 heterocycles. The van der Waals surface area contributed by atoms with Crippen molar-refractivity contribution in [3.8, 4) is 0 Å². The Morgan fingerprint density at radius 3 is 2.90 bits per heavy atom. The van der Waals surface area contributed by atoms with Crippen LogP contribution in [0.4, 0.5) is 10.1 Å². The normalized spacial score (nSPS) is 9.30. The summed E-state index contributed by atoms with van der Waals surface area (Å²) >= 11 is 0.895. The van der Waals surface area contributed by atoms with Gasteiger partial charge in [-0.2, -0.15) is 0 Å². The molecule has 1 rings (SSSR count). The highest BCUT2D eigenvalue weighted by Gasteiger charge is 2.10. The third-order valence-corrected chi connectivity index (χ3v) is 1.67. The number of nitrogens with two attached hydrogens (primary N) is 1. The van der Waals surface area contributed by atoms with Gasteiger partial charge in [0.25, 0.3) is 0 Å². The molecule has 1 aromatic rings. The highest BCUT2D eigenvalue weighted by atomic mass is 32.1. The maximum absolute atomic E-state index is 10.0. The molecule has 0 saturated heterocycles. The van der Waals surface area contributed by atoms with Crippen LogP contribution in [0.5, 0.6) is 0 Å². The van der Waals surface area contributed by atoms with Crippen LogP contribution >= 0.6 is 11.3 Å². The van der Waals surface area contributed by atoms with E-state index in [2.05, 4.69) is 10.4 Å². The third kappa shape index (κ3) is 1.20. The molecule has 0 fully saturated rings. The molecule has 3 N–H and O–H groups in total. The summed E-state index contributed by atoms with van der Waals surface area (Å²) in [7, 11) is 0. The average molecular weight is 160 g/mol. The minimum atomic E-state index is -0.564. The molecule has 0 amide bonds. The number of rotatable bonds is 2. The summed E-state index contributed by atoms with van der Waals surface area (Å²) in [6.45, 7) is 0. The third-order valence-electron chi connectivity index (χ3n) is 0.792. The Morgan fingerprint density at radius 1 is 1.90 bits per heavy atom. The Labute approximate surface area is 59.8 Å². The van der Waals surface area contributed by atoms with Gasteiger partial charge in [-0.3, -0.25) is 0 Å². The number of nitrogen functional groups attached to an aromatic ring is 1. The molecule has 54 valence electrons. The molecular formula is C3H4N4O2S. The first-order valence-electron chi connectivity index (χ1n) is 2.31. The number of nitrogens with one attached hydrogen (secondary N) is 1. The lowest BCUT2D eigenvalue weighted by Gasteiger charge is -1.85. The highest BCUT2D eigenvalue weighted by molar-refractivity contribution is 7.18. The van der Waals surface area contributed by atoms with Gasteiger partial charge >= 0.3 is 5.13 Å². The van der Waals surface area contributed by atoms with Crippen LogP contribution in [0.3, 0.4) is 0 Å². The first kappa shape index (κ1) is 6.90. The molecule has 0 bridgehead atoms. The molecule has 0 aromatic carbocycles. The zero-order chi connectivity index (χ0) is 7.56. The van der Waals surface area contributed by atoms with Crippen molar-refractivity contribution in [1.29, 1.82) is 0 Å². The van der Waals surface area contributed by atoms with Gasteiger partial charge in [-0.1, -0.05) is 0 Å². The van der Waals surface area contributed by atoms with Crippen LogP contribution in [-0.2, 0) is 0 Å². The predicted octanol–water partition coefficient (Wildman–Crippen LogP) is 0.337. The molecule has 0 aliphatic rings. The minimum Gasteiger partial charge on any atom is -0.357 e. The maximum Gasteiger partial charge on any atom is 0.425 e. The lowest BCUT2D eigenvalue weighted by Crippen LogP contribution is -2.04. The minimum absolute atomic E-state index is 0.159. The maximum atomic E-state index is 10.0. The molecule has 0 spiro atoms. The molecule has 1 aromatic heterocycles. The number of aromatic nitrogens is 1. The number of hydrogen-bond donors (Lipinski definition) is 2. The Hall–Kier alpha value is -1.21. The molecule has 0 atom stereocenters. The van der Waals surface area contributed by atoms with Crippen molar-refractivity contribution in [3.63, 3.8) is 0 Å². The van der Waals surface area contributed by atoms with Crippen LogP contribution in [0.1, 0.15) is 0 Å². The molecule has 7 heteroatoms. The van der Waals surface area contributed by atoms with E-state index >= 15 is 0 Å². The number of anilines is 1. The van der Waals surface area contributed by atoms with Gasteiger partial charge in [0.05, 0.1) is 0 Å². The van der Waals surface area contributed by atoms with Crippen molar-refractivity contribution >= 4 is 21.5 Å². The van der Waals surface area contributed by atoms with E-state index in [-0.39, 0.29) is 5.13 Å². The predicted molar refractivity (Wildman–Crippen MR) is 36.6 cm³/mol. The fourth-order valence-electron chi connectivity index (χ4n) is 0.416. The summed E-state index contributed by atoms with van der Waals surface area (Å²) in [5.41, 5.74) is 2.25. The van der Waals surface area contributed by atoms with Gasteiger partial charge < -0.3 is 15.5 Å². The second-order valence-corrected chi connectivity index (χ2v) is 2.42. The highest BCUT2D eigenvalue weighted by Crippen LogP contribution is 2.23. The fourth-order valence-corrected chi connectivity index (χ4v) is 0.957. The fraction of sp³-hybridized carbons (Fsp3) is 0. The summed E-state index contributed by atoms with van der Waals surface area (Å²) < 4.78 is 0. The van der Waals surface area contributed by atoms with Gasteiger partial charge in [-0.25, -0.2) is 5.84 Å². The van der Waals surface area contributed by atoms with Gasteiger partial charge in [0.2, 0.25) is 0 Å². The van der Waals surface area contributed by atoms with Crippen molar-refractivity contribution in [2.45, 2.75) is 0 Å². The molecular weight excluding hydrogens is 156 g/mol. The van der Waals surface area contributed by atoms with Gasteiger partial charge in [0.1, 0.15) is 0 Å². The lowest BCUT2D eigenvalue weighted by atomic mass is 10.9. The van der Waals surface area contributed by atoms with Crippen molar-refractivity contribution in [2.24, 2.45) is 5.84 Å². The lowest BCUT2D eigenvalue weighted by molar-refractivity contribution is -0.384. The average Bonchev–Trinajstić information content (AvgIpc) is 2.34. The number of nitro groups is 1. The van der Waals surface area contributed by atoms with E-state index in [9.17, 15) is 10.1 Å². The summed E-state index contributed by atoms with van der Waals surface area (Å²) in [6.07, 6.45) is 1.31. The molecule has 6 nitrogen and oxygen atoms in total. The van der Waals surface area contributed by atoms with E-state index in [1.54, 1.807) is 0 Å². The number of nitrogens with zero attached hydrogens (tertiary/aromatic N) is 2. The zero-order valence-electron chi connectivity index (χ0n) is 4.77. The van der Waals surface area contributed by atoms with E-state index in [0.29, 0.717) is 5.00 Å². The quantitative estimate of drug-likeness (QED) is 0.369. The smallest absolute Gasteiger partial charge is 0.357 e. The Kier molecular flexibility index (Phi) is 1.78. The summed E-state index contributed by atoms with van der Waals surface area (Å²) in [4.78, 5) is 12.9. The Bertz CT molecular complexity index is 246. The van der Waals surface area contributed by atoms with Gasteiger partial charge in [-0.15, -0.1) is 0 Å². The van der Waals surface area contributed by atoms with Crippen molar-refractivity contribution in [1.82, 2.24) is 4.98 Å². The molecule has 0 aliphatic carbocycles. The second kappa shape index (κ2) is 2.58. The molecule has 0 unspecified atom stereocenters. The molecule has 0 radical (unpaired) electrons. The van der Waals surface area contributed by atoms with Crippen LogP contribution in [0.15, 0.2) is 6.20 Å². The monoisotopic (exact) mass is 160 g/mol. The first-order valence-corrected chi connectivity index (χ1v) is 3.12. The van der Waals surface area contributed by atoms with E-state index in [1.165, 1.54) is 6.20 Å². The van der Waals surface area contributed by atoms with E-state index in [4.69, 9.17) is 5.84 Å². The molecule has 10 heavy (non-hydrogen) atoms. The first-order chi connectivity index (χ1) is 4.74. The van der Waals surface area contributed by atoms with E-state index < -0.39 is 4.92 Å².